The number of hydrogen-bond acceptors (Lipinski definition) is 6. The molecule has 0 atom stereocenters. The largest absolute Gasteiger partial charge is 0.493 e. The van der Waals surface area contributed by atoms with Crippen LogP contribution in [0.2, 0.25) is 0 Å². The van der Waals surface area contributed by atoms with Gasteiger partial charge in [0, 0.05) is 18.7 Å². The predicted octanol–water partition coefficient (Wildman–Crippen LogP) is 1.32. The first-order valence-corrected chi connectivity index (χ1v) is 6.00. The molecule has 0 amide bonds. The van der Waals surface area contributed by atoms with Gasteiger partial charge in [0.25, 0.3) is 0 Å². The van der Waals surface area contributed by atoms with E-state index < -0.39 is 0 Å². The molecule has 0 radical (unpaired) electrons. The molecular weight excluding hydrogens is 246 g/mol. The average molecular weight is 263 g/mol. The second-order valence-corrected chi connectivity index (χ2v) is 3.82. The van der Waals surface area contributed by atoms with Gasteiger partial charge in [-0.1, -0.05) is 17.2 Å². The first kappa shape index (κ1) is 13.1. The molecular formula is C12H17N5O2. The summed E-state index contributed by atoms with van der Waals surface area (Å²) in [5.41, 5.74) is 0.979. The van der Waals surface area contributed by atoms with Gasteiger partial charge < -0.3 is 14.8 Å². The van der Waals surface area contributed by atoms with Crippen LogP contribution in [0.25, 0.3) is 0 Å². The summed E-state index contributed by atoms with van der Waals surface area (Å²) < 4.78 is 12.3. The molecule has 1 aromatic carbocycles. The molecule has 1 heterocycles. The van der Waals surface area contributed by atoms with Crippen molar-refractivity contribution in [3.63, 3.8) is 0 Å². The number of nitrogens with zero attached hydrogens (tertiary/aromatic N) is 4. The highest BCUT2D eigenvalue weighted by molar-refractivity contribution is 5.47. The predicted molar refractivity (Wildman–Crippen MR) is 70.4 cm³/mol. The van der Waals surface area contributed by atoms with E-state index in [0.29, 0.717) is 30.5 Å². The maximum Gasteiger partial charge on any atom is 0.243 e. The minimum Gasteiger partial charge on any atom is -0.493 e. The number of methoxy groups -OCH3 is 2. The van der Waals surface area contributed by atoms with Crippen molar-refractivity contribution >= 4 is 5.95 Å². The summed E-state index contributed by atoms with van der Waals surface area (Å²) in [7, 11) is 3.24. The maximum atomic E-state index is 5.37. The van der Waals surface area contributed by atoms with Crippen molar-refractivity contribution in [1.29, 1.82) is 0 Å². The van der Waals surface area contributed by atoms with Crippen molar-refractivity contribution < 1.29 is 9.47 Å². The quantitative estimate of drug-likeness (QED) is 0.847. The Bertz CT molecular complexity index is 541. The van der Waals surface area contributed by atoms with E-state index >= 15 is 0 Å². The minimum atomic E-state index is 0.556. The van der Waals surface area contributed by atoms with Crippen molar-refractivity contribution in [2.45, 2.75) is 20.0 Å². The van der Waals surface area contributed by atoms with Crippen LogP contribution in [0.5, 0.6) is 11.5 Å². The Hall–Kier alpha value is -2.31. The Morgan fingerprint density at radius 2 is 2.11 bits per heavy atom. The lowest BCUT2D eigenvalue weighted by Crippen LogP contribution is -2.09. The molecule has 7 nitrogen and oxygen atoms in total. The van der Waals surface area contributed by atoms with Gasteiger partial charge >= 0.3 is 0 Å². The van der Waals surface area contributed by atoms with Gasteiger partial charge in [0.05, 0.1) is 14.2 Å². The third kappa shape index (κ3) is 2.75. The van der Waals surface area contributed by atoms with Crippen LogP contribution < -0.4 is 14.8 Å². The van der Waals surface area contributed by atoms with Crippen LogP contribution in [0.4, 0.5) is 5.95 Å². The number of hydrogen-bond donors (Lipinski definition) is 1. The summed E-state index contributed by atoms with van der Waals surface area (Å²) in [4.78, 5) is 0. The van der Waals surface area contributed by atoms with Gasteiger partial charge in [-0.05, 0) is 23.4 Å². The number of ether oxygens (including phenoxy) is 2. The number of nitrogens with one attached hydrogen (secondary N) is 1. The number of tetrazole rings is 1. The zero-order chi connectivity index (χ0) is 13.7. The molecule has 1 N–H and O–H groups in total. The Balaban J connectivity index is 2.15. The standard InChI is InChI=1S/C12H17N5O2/c1-4-17-12(14-15-16-17)13-8-9-6-5-7-10(18-2)11(9)19-3/h5-7H,4,8H2,1-3H3,(H,13,14,16). The summed E-state index contributed by atoms with van der Waals surface area (Å²) in [6.45, 7) is 3.25. The molecule has 0 aliphatic rings. The van der Waals surface area contributed by atoms with Crippen LogP contribution in [0.3, 0.4) is 0 Å². The summed E-state index contributed by atoms with van der Waals surface area (Å²) in [5.74, 6) is 2.05. The van der Waals surface area contributed by atoms with Crippen LogP contribution in [-0.4, -0.2) is 34.4 Å². The van der Waals surface area contributed by atoms with Gasteiger partial charge in [0.2, 0.25) is 5.95 Å². The molecule has 2 aromatic rings. The van der Waals surface area contributed by atoms with E-state index in [4.69, 9.17) is 9.47 Å². The SMILES string of the molecule is CCn1nnnc1NCc1cccc(OC)c1OC. The van der Waals surface area contributed by atoms with Gasteiger partial charge in [0.1, 0.15) is 0 Å². The van der Waals surface area contributed by atoms with Gasteiger partial charge in [-0.25, -0.2) is 4.68 Å². The molecule has 0 saturated heterocycles. The number of benzene rings is 1. The summed E-state index contributed by atoms with van der Waals surface area (Å²) >= 11 is 0. The van der Waals surface area contributed by atoms with Crippen LogP contribution in [0, 0.1) is 0 Å². The fourth-order valence-corrected chi connectivity index (χ4v) is 1.81. The zero-order valence-corrected chi connectivity index (χ0v) is 11.3. The average Bonchev–Trinajstić information content (AvgIpc) is 2.91. The fraction of sp³-hybridized carbons (Fsp3) is 0.417. The third-order valence-electron chi connectivity index (χ3n) is 2.75. The summed E-state index contributed by atoms with van der Waals surface area (Å²) in [6, 6.07) is 5.74. The molecule has 1 aromatic heterocycles. The fourth-order valence-electron chi connectivity index (χ4n) is 1.81. The van der Waals surface area contributed by atoms with Crippen LogP contribution >= 0.6 is 0 Å². The van der Waals surface area contributed by atoms with Crippen LogP contribution in [-0.2, 0) is 13.1 Å². The van der Waals surface area contributed by atoms with E-state index in [1.165, 1.54) is 0 Å². The molecule has 0 fully saturated rings. The topological polar surface area (TPSA) is 74.1 Å². The number of aryl methyl sites for hydroxylation is 1. The lowest BCUT2D eigenvalue weighted by molar-refractivity contribution is 0.352. The van der Waals surface area contributed by atoms with Gasteiger partial charge in [-0.2, -0.15) is 0 Å². The first-order valence-electron chi connectivity index (χ1n) is 6.00. The molecule has 102 valence electrons. The molecule has 0 spiro atoms. The lowest BCUT2D eigenvalue weighted by Gasteiger charge is -2.13. The second-order valence-electron chi connectivity index (χ2n) is 3.82. The van der Waals surface area contributed by atoms with Crippen molar-refractivity contribution in [2.24, 2.45) is 0 Å². The van der Waals surface area contributed by atoms with E-state index in [-0.39, 0.29) is 0 Å². The van der Waals surface area contributed by atoms with E-state index in [9.17, 15) is 0 Å². The summed E-state index contributed by atoms with van der Waals surface area (Å²) in [6.07, 6.45) is 0. The van der Waals surface area contributed by atoms with Crippen LogP contribution in [0.15, 0.2) is 18.2 Å². The minimum absolute atomic E-state index is 0.556. The highest BCUT2D eigenvalue weighted by atomic mass is 16.5. The Labute approximate surface area is 111 Å². The van der Waals surface area contributed by atoms with Crippen molar-refractivity contribution in [2.75, 3.05) is 19.5 Å². The molecule has 19 heavy (non-hydrogen) atoms. The first-order chi connectivity index (χ1) is 9.30. The molecule has 0 aliphatic carbocycles. The maximum absolute atomic E-state index is 5.37. The zero-order valence-electron chi connectivity index (χ0n) is 11.3. The van der Waals surface area contributed by atoms with Crippen molar-refractivity contribution in [1.82, 2.24) is 20.2 Å². The number of anilines is 1. The lowest BCUT2D eigenvalue weighted by atomic mass is 10.2. The van der Waals surface area contributed by atoms with Crippen LogP contribution in [0.1, 0.15) is 12.5 Å². The smallest absolute Gasteiger partial charge is 0.243 e. The van der Waals surface area contributed by atoms with Gasteiger partial charge in [-0.15, -0.1) is 0 Å². The van der Waals surface area contributed by atoms with Crippen molar-refractivity contribution in [3.05, 3.63) is 23.8 Å². The highest BCUT2D eigenvalue weighted by Gasteiger charge is 2.10. The Morgan fingerprint density at radius 3 is 2.79 bits per heavy atom. The van der Waals surface area contributed by atoms with Crippen molar-refractivity contribution in [3.8, 4) is 11.5 Å². The molecule has 0 bridgehead atoms. The number of para-hydroxylation sites is 1. The normalized spacial score (nSPS) is 10.3. The van der Waals surface area contributed by atoms with E-state index in [0.717, 1.165) is 5.56 Å². The molecule has 0 aliphatic heterocycles. The third-order valence-corrected chi connectivity index (χ3v) is 2.75. The molecule has 0 unspecified atom stereocenters. The highest BCUT2D eigenvalue weighted by Crippen LogP contribution is 2.30. The monoisotopic (exact) mass is 263 g/mol. The Kier molecular flexibility index (Phi) is 4.17. The Morgan fingerprint density at radius 1 is 1.26 bits per heavy atom. The van der Waals surface area contributed by atoms with E-state index in [2.05, 4.69) is 20.8 Å². The van der Waals surface area contributed by atoms with E-state index in [1.54, 1.807) is 18.9 Å². The van der Waals surface area contributed by atoms with E-state index in [1.807, 2.05) is 25.1 Å². The van der Waals surface area contributed by atoms with Gasteiger partial charge in [-0.3, -0.25) is 0 Å². The van der Waals surface area contributed by atoms with Gasteiger partial charge in [0.15, 0.2) is 11.5 Å². The molecule has 7 heteroatoms. The molecule has 0 saturated carbocycles. The number of aromatic nitrogens is 4. The number of rotatable bonds is 6. The molecule has 2 rings (SSSR count). The second kappa shape index (κ2) is 6.03. The summed E-state index contributed by atoms with van der Waals surface area (Å²) in [5, 5.41) is 14.6.